The van der Waals surface area contributed by atoms with Gasteiger partial charge < -0.3 is 10.6 Å². The summed E-state index contributed by atoms with van der Waals surface area (Å²) in [6, 6.07) is 10.5. The van der Waals surface area contributed by atoms with Gasteiger partial charge in [-0.25, -0.2) is 0 Å². The molecule has 2 atom stereocenters. The quantitative estimate of drug-likeness (QED) is 0.793. The van der Waals surface area contributed by atoms with Crippen LogP contribution in [0.1, 0.15) is 45.7 Å². The van der Waals surface area contributed by atoms with E-state index in [-0.39, 0.29) is 18.0 Å². The summed E-state index contributed by atoms with van der Waals surface area (Å²) < 4.78 is 0. The summed E-state index contributed by atoms with van der Waals surface area (Å²) in [5.41, 5.74) is 1.17. The van der Waals surface area contributed by atoms with Gasteiger partial charge in [0.2, 0.25) is 5.91 Å². The minimum absolute atomic E-state index is 0.0857. The van der Waals surface area contributed by atoms with Gasteiger partial charge >= 0.3 is 0 Å². The van der Waals surface area contributed by atoms with E-state index in [0.29, 0.717) is 12.3 Å². The normalized spacial score (nSPS) is 14.2. The smallest absolute Gasteiger partial charge is 0.222 e. The molecular weight excluding hydrogens is 236 g/mol. The second kappa shape index (κ2) is 7.95. The number of rotatable bonds is 7. The lowest BCUT2D eigenvalue weighted by molar-refractivity contribution is -0.122. The van der Waals surface area contributed by atoms with Crippen molar-refractivity contribution in [1.82, 2.24) is 10.6 Å². The Morgan fingerprint density at radius 1 is 1.16 bits per heavy atom. The van der Waals surface area contributed by atoms with Crippen LogP contribution in [0.15, 0.2) is 30.3 Å². The fourth-order valence-corrected chi connectivity index (χ4v) is 2.23. The molecule has 19 heavy (non-hydrogen) atoms. The van der Waals surface area contributed by atoms with Gasteiger partial charge in [-0.1, -0.05) is 51.1 Å². The number of carbonyl (C=O) groups is 1. The van der Waals surface area contributed by atoms with Crippen molar-refractivity contribution in [2.75, 3.05) is 6.54 Å². The Labute approximate surface area is 116 Å². The number of benzene rings is 1. The SMILES string of the molecule is CCNC(C)CC(=O)NC(c1ccccc1)C(C)C. The lowest BCUT2D eigenvalue weighted by Crippen LogP contribution is -2.37. The maximum Gasteiger partial charge on any atom is 0.222 e. The number of amides is 1. The van der Waals surface area contributed by atoms with Crippen molar-refractivity contribution in [3.05, 3.63) is 35.9 Å². The Bertz CT molecular complexity index is 376. The molecule has 1 rings (SSSR count). The lowest BCUT2D eigenvalue weighted by atomic mass is 9.96. The van der Waals surface area contributed by atoms with Gasteiger partial charge in [0, 0.05) is 12.5 Å². The monoisotopic (exact) mass is 262 g/mol. The summed E-state index contributed by atoms with van der Waals surface area (Å²) >= 11 is 0. The standard InChI is InChI=1S/C16H26N2O/c1-5-17-13(4)11-15(19)18-16(12(2)3)14-9-7-6-8-10-14/h6-10,12-13,16-17H,5,11H2,1-4H3,(H,18,19). The molecule has 0 radical (unpaired) electrons. The highest BCUT2D eigenvalue weighted by Gasteiger charge is 2.18. The van der Waals surface area contributed by atoms with Crippen molar-refractivity contribution >= 4 is 5.91 Å². The molecule has 2 N–H and O–H groups in total. The molecule has 0 saturated carbocycles. The largest absolute Gasteiger partial charge is 0.349 e. The fraction of sp³-hybridized carbons (Fsp3) is 0.562. The van der Waals surface area contributed by atoms with Gasteiger partial charge in [0.15, 0.2) is 0 Å². The number of hydrogen-bond acceptors (Lipinski definition) is 2. The Balaban J connectivity index is 2.62. The van der Waals surface area contributed by atoms with E-state index >= 15 is 0 Å². The summed E-state index contributed by atoms with van der Waals surface area (Å²) in [7, 11) is 0. The average Bonchev–Trinajstić information content (AvgIpc) is 2.37. The first-order valence-corrected chi connectivity index (χ1v) is 7.12. The minimum atomic E-state index is 0.0857. The molecule has 1 amide bonds. The zero-order chi connectivity index (χ0) is 14.3. The van der Waals surface area contributed by atoms with E-state index in [1.165, 1.54) is 5.56 Å². The fourth-order valence-electron chi connectivity index (χ4n) is 2.23. The maximum atomic E-state index is 12.1. The highest BCUT2D eigenvalue weighted by atomic mass is 16.1. The first kappa shape index (κ1) is 15.7. The van der Waals surface area contributed by atoms with E-state index < -0.39 is 0 Å². The van der Waals surface area contributed by atoms with Gasteiger partial charge in [-0.3, -0.25) is 4.79 Å². The lowest BCUT2D eigenvalue weighted by Gasteiger charge is -2.24. The molecule has 0 heterocycles. The van der Waals surface area contributed by atoms with Gasteiger partial charge in [0.25, 0.3) is 0 Å². The Morgan fingerprint density at radius 2 is 1.79 bits per heavy atom. The molecule has 3 nitrogen and oxygen atoms in total. The molecule has 0 fully saturated rings. The number of nitrogens with one attached hydrogen (secondary N) is 2. The molecular formula is C16H26N2O. The van der Waals surface area contributed by atoms with Crippen LogP contribution in [0.25, 0.3) is 0 Å². The molecule has 0 aliphatic rings. The summed E-state index contributed by atoms with van der Waals surface area (Å²) in [4.78, 5) is 12.1. The molecule has 0 saturated heterocycles. The van der Waals surface area contributed by atoms with Gasteiger partial charge in [0.05, 0.1) is 6.04 Å². The van der Waals surface area contributed by atoms with E-state index in [0.717, 1.165) is 6.54 Å². The predicted octanol–water partition coefficient (Wildman–Crippen LogP) is 2.89. The Hall–Kier alpha value is -1.35. The van der Waals surface area contributed by atoms with Crippen LogP contribution in [-0.2, 0) is 4.79 Å². The Morgan fingerprint density at radius 3 is 2.32 bits per heavy atom. The third-order valence-corrected chi connectivity index (χ3v) is 3.19. The third kappa shape index (κ3) is 5.43. The van der Waals surface area contributed by atoms with E-state index in [9.17, 15) is 4.79 Å². The van der Waals surface area contributed by atoms with Crippen molar-refractivity contribution in [3.8, 4) is 0 Å². The van der Waals surface area contributed by atoms with Crippen LogP contribution in [0.5, 0.6) is 0 Å². The summed E-state index contributed by atoms with van der Waals surface area (Å²) in [5.74, 6) is 0.483. The van der Waals surface area contributed by atoms with Crippen molar-refractivity contribution in [1.29, 1.82) is 0 Å². The Kier molecular flexibility index (Phi) is 6.57. The van der Waals surface area contributed by atoms with Gasteiger partial charge in [0.1, 0.15) is 0 Å². The third-order valence-electron chi connectivity index (χ3n) is 3.19. The highest BCUT2D eigenvalue weighted by molar-refractivity contribution is 5.77. The highest BCUT2D eigenvalue weighted by Crippen LogP contribution is 2.21. The van der Waals surface area contributed by atoms with Crippen LogP contribution < -0.4 is 10.6 Å². The molecule has 0 aromatic heterocycles. The van der Waals surface area contributed by atoms with Crippen LogP contribution >= 0.6 is 0 Å². The van der Waals surface area contributed by atoms with Gasteiger partial charge in [-0.15, -0.1) is 0 Å². The van der Waals surface area contributed by atoms with Crippen molar-refractivity contribution < 1.29 is 4.79 Å². The van der Waals surface area contributed by atoms with E-state index in [4.69, 9.17) is 0 Å². The topological polar surface area (TPSA) is 41.1 Å². The van der Waals surface area contributed by atoms with E-state index in [2.05, 4.69) is 43.5 Å². The summed E-state index contributed by atoms with van der Waals surface area (Å²) in [6.07, 6.45) is 0.518. The summed E-state index contributed by atoms with van der Waals surface area (Å²) in [6.45, 7) is 9.24. The molecule has 0 bridgehead atoms. The number of hydrogen-bond donors (Lipinski definition) is 2. The second-order valence-corrected chi connectivity index (χ2v) is 5.36. The van der Waals surface area contributed by atoms with Crippen LogP contribution in [0, 0.1) is 5.92 Å². The second-order valence-electron chi connectivity index (χ2n) is 5.36. The minimum Gasteiger partial charge on any atom is -0.349 e. The first-order chi connectivity index (χ1) is 9.04. The van der Waals surface area contributed by atoms with Crippen molar-refractivity contribution in [3.63, 3.8) is 0 Å². The van der Waals surface area contributed by atoms with Crippen LogP contribution in [0.4, 0.5) is 0 Å². The zero-order valence-corrected chi connectivity index (χ0v) is 12.4. The first-order valence-electron chi connectivity index (χ1n) is 7.12. The molecule has 106 valence electrons. The predicted molar refractivity (Wildman–Crippen MR) is 79.9 cm³/mol. The maximum absolute atomic E-state index is 12.1. The van der Waals surface area contributed by atoms with Crippen molar-refractivity contribution in [2.24, 2.45) is 5.92 Å². The van der Waals surface area contributed by atoms with Crippen LogP contribution in [0.3, 0.4) is 0 Å². The summed E-state index contributed by atoms with van der Waals surface area (Å²) in [5, 5.41) is 6.40. The average molecular weight is 262 g/mol. The molecule has 1 aromatic carbocycles. The van der Waals surface area contributed by atoms with Crippen LogP contribution in [0.2, 0.25) is 0 Å². The van der Waals surface area contributed by atoms with Gasteiger partial charge in [-0.2, -0.15) is 0 Å². The molecule has 0 spiro atoms. The molecule has 2 unspecified atom stereocenters. The van der Waals surface area contributed by atoms with E-state index in [1.54, 1.807) is 0 Å². The van der Waals surface area contributed by atoms with Gasteiger partial charge in [-0.05, 0) is 24.9 Å². The number of carbonyl (C=O) groups excluding carboxylic acids is 1. The zero-order valence-electron chi connectivity index (χ0n) is 12.4. The van der Waals surface area contributed by atoms with Crippen molar-refractivity contribution in [2.45, 2.75) is 46.2 Å². The molecule has 1 aromatic rings. The van der Waals surface area contributed by atoms with E-state index in [1.807, 2.05) is 25.1 Å². The van der Waals surface area contributed by atoms with Crippen LogP contribution in [-0.4, -0.2) is 18.5 Å². The molecule has 0 aliphatic heterocycles. The molecule has 0 aliphatic carbocycles. The molecule has 3 heteroatoms.